The lowest BCUT2D eigenvalue weighted by Crippen LogP contribution is -2.30. The standard InChI is InChI=1S/C11H14ClNO/c12-9-3-1-2-8(6-9)11-7-10(13)4-5-14-11/h1-3,6,10-11H,4-5,7,13H2/t10-,11-/m1/s1. The van der Waals surface area contributed by atoms with E-state index in [1.54, 1.807) is 0 Å². The quantitative estimate of drug-likeness (QED) is 0.775. The topological polar surface area (TPSA) is 35.2 Å². The Bertz CT molecular complexity index is 316. The Labute approximate surface area is 89.0 Å². The highest BCUT2D eigenvalue weighted by Crippen LogP contribution is 2.28. The predicted molar refractivity (Wildman–Crippen MR) is 57.4 cm³/mol. The van der Waals surface area contributed by atoms with Crippen LogP contribution in [0, 0.1) is 0 Å². The van der Waals surface area contributed by atoms with Gasteiger partial charge in [0.25, 0.3) is 0 Å². The van der Waals surface area contributed by atoms with Crippen molar-refractivity contribution in [2.24, 2.45) is 5.73 Å². The van der Waals surface area contributed by atoms with Crippen molar-refractivity contribution in [1.29, 1.82) is 0 Å². The van der Waals surface area contributed by atoms with Crippen LogP contribution >= 0.6 is 11.6 Å². The third-order valence-electron chi connectivity index (χ3n) is 2.54. The van der Waals surface area contributed by atoms with Gasteiger partial charge in [0, 0.05) is 17.7 Å². The molecule has 2 atom stereocenters. The highest BCUT2D eigenvalue weighted by molar-refractivity contribution is 6.30. The minimum absolute atomic E-state index is 0.123. The van der Waals surface area contributed by atoms with Gasteiger partial charge in [-0.15, -0.1) is 0 Å². The Morgan fingerprint density at radius 2 is 2.29 bits per heavy atom. The Balaban J connectivity index is 2.14. The van der Waals surface area contributed by atoms with Crippen LogP contribution in [0.5, 0.6) is 0 Å². The monoisotopic (exact) mass is 211 g/mol. The molecule has 0 radical (unpaired) electrons. The average molecular weight is 212 g/mol. The van der Waals surface area contributed by atoms with Gasteiger partial charge in [-0.2, -0.15) is 0 Å². The summed E-state index contributed by atoms with van der Waals surface area (Å²) in [5.41, 5.74) is 7.02. The molecule has 2 N–H and O–H groups in total. The molecular formula is C11H14ClNO. The summed E-state index contributed by atoms with van der Waals surface area (Å²) in [6, 6.07) is 8.06. The molecule has 1 fully saturated rings. The first-order valence-corrected chi connectivity index (χ1v) is 5.26. The van der Waals surface area contributed by atoms with Crippen LogP contribution in [0.2, 0.25) is 5.02 Å². The molecule has 3 heteroatoms. The van der Waals surface area contributed by atoms with E-state index >= 15 is 0 Å². The normalized spacial score (nSPS) is 27.6. The molecule has 76 valence electrons. The second-order valence-electron chi connectivity index (χ2n) is 3.70. The van der Waals surface area contributed by atoms with Gasteiger partial charge < -0.3 is 10.5 Å². The number of benzene rings is 1. The van der Waals surface area contributed by atoms with E-state index in [2.05, 4.69) is 0 Å². The van der Waals surface area contributed by atoms with E-state index in [0.29, 0.717) is 0 Å². The summed E-state index contributed by atoms with van der Waals surface area (Å²) in [5.74, 6) is 0. The average Bonchev–Trinajstić information content (AvgIpc) is 2.18. The van der Waals surface area contributed by atoms with Gasteiger partial charge in [0.15, 0.2) is 0 Å². The zero-order chi connectivity index (χ0) is 9.97. The number of nitrogens with two attached hydrogens (primary N) is 1. The highest BCUT2D eigenvalue weighted by Gasteiger charge is 2.21. The summed E-state index contributed by atoms with van der Waals surface area (Å²) in [4.78, 5) is 0. The Hall–Kier alpha value is -0.570. The largest absolute Gasteiger partial charge is 0.373 e. The molecule has 2 nitrogen and oxygen atoms in total. The molecule has 0 saturated carbocycles. The third kappa shape index (κ3) is 2.27. The Morgan fingerprint density at radius 1 is 1.43 bits per heavy atom. The van der Waals surface area contributed by atoms with Crippen molar-refractivity contribution in [3.8, 4) is 0 Å². The van der Waals surface area contributed by atoms with Gasteiger partial charge in [-0.1, -0.05) is 23.7 Å². The van der Waals surface area contributed by atoms with Crippen molar-refractivity contribution in [3.05, 3.63) is 34.9 Å². The van der Waals surface area contributed by atoms with Crippen LogP contribution in [0.4, 0.5) is 0 Å². The van der Waals surface area contributed by atoms with Crippen LogP contribution in [0.3, 0.4) is 0 Å². The number of ether oxygens (including phenoxy) is 1. The zero-order valence-electron chi connectivity index (χ0n) is 7.95. The van der Waals surface area contributed by atoms with Gasteiger partial charge in [0.2, 0.25) is 0 Å². The summed E-state index contributed by atoms with van der Waals surface area (Å²) in [7, 11) is 0. The van der Waals surface area contributed by atoms with Crippen LogP contribution in [0.25, 0.3) is 0 Å². The van der Waals surface area contributed by atoms with E-state index in [4.69, 9.17) is 22.1 Å². The number of halogens is 1. The molecule has 14 heavy (non-hydrogen) atoms. The Kier molecular flexibility index (Phi) is 3.06. The van der Waals surface area contributed by atoms with Crippen molar-refractivity contribution in [1.82, 2.24) is 0 Å². The lowest BCUT2D eigenvalue weighted by Gasteiger charge is -2.27. The van der Waals surface area contributed by atoms with Crippen molar-refractivity contribution in [2.75, 3.05) is 6.61 Å². The van der Waals surface area contributed by atoms with E-state index in [1.165, 1.54) is 0 Å². The van der Waals surface area contributed by atoms with Gasteiger partial charge in [-0.25, -0.2) is 0 Å². The number of hydrogen-bond acceptors (Lipinski definition) is 2. The molecule has 1 heterocycles. The maximum absolute atomic E-state index is 5.91. The second-order valence-corrected chi connectivity index (χ2v) is 4.14. The second kappa shape index (κ2) is 4.30. The van der Waals surface area contributed by atoms with E-state index in [0.717, 1.165) is 30.0 Å². The summed E-state index contributed by atoms with van der Waals surface area (Å²) >= 11 is 5.91. The van der Waals surface area contributed by atoms with Crippen LogP contribution in [-0.2, 0) is 4.74 Å². The molecule has 0 aliphatic carbocycles. The molecule has 1 aliphatic heterocycles. The van der Waals surface area contributed by atoms with Crippen molar-refractivity contribution in [2.45, 2.75) is 25.0 Å². The van der Waals surface area contributed by atoms with Gasteiger partial charge in [-0.05, 0) is 30.5 Å². The summed E-state index contributed by atoms with van der Waals surface area (Å²) in [5, 5.41) is 0.755. The Morgan fingerprint density at radius 3 is 3.00 bits per heavy atom. The van der Waals surface area contributed by atoms with E-state index in [1.807, 2.05) is 24.3 Å². The van der Waals surface area contributed by atoms with Crippen molar-refractivity contribution in [3.63, 3.8) is 0 Å². The minimum atomic E-state index is 0.123. The molecule has 1 saturated heterocycles. The minimum Gasteiger partial charge on any atom is -0.373 e. The van der Waals surface area contributed by atoms with Crippen LogP contribution in [-0.4, -0.2) is 12.6 Å². The molecule has 1 aliphatic rings. The van der Waals surface area contributed by atoms with Crippen molar-refractivity contribution < 1.29 is 4.74 Å². The first-order valence-electron chi connectivity index (χ1n) is 4.88. The number of rotatable bonds is 1. The fraction of sp³-hybridized carbons (Fsp3) is 0.455. The maximum atomic E-state index is 5.91. The summed E-state index contributed by atoms with van der Waals surface area (Å²) in [6.07, 6.45) is 1.97. The zero-order valence-corrected chi connectivity index (χ0v) is 8.70. The molecule has 0 aromatic heterocycles. The molecule has 2 rings (SSSR count). The number of hydrogen-bond donors (Lipinski definition) is 1. The van der Waals surface area contributed by atoms with Crippen LogP contribution in [0.15, 0.2) is 24.3 Å². The molecular weight excluding hydrogens is 198 g/mol. The van der Waals surface area contributed by atoms with E-state index in [-0.39, 0.29) is 12.1 Å². The predicted octanol–water partition coefficient (Wildman–Crippen LogP) is 2.52. The summed E-state index contributed by atoms with van der Waals surface area (Å²) < 4.78 is 5.65. The first-order chi connectivity index (χ1) is 6.75. The molecule has 0 unspecified atom stereocenters. The van der Waals surface area contributed by atoms with Crippen LogP contribution < -0.4 is 5.73 Å². The molecule has 0 amide bonds. The lowest BCUT2D eigenvalue weighted by molar-refractivity contribution is 0.00668. The van der Waals surface area contributed by atoms with Gasteiger partial charge in [0.1, 0.15) is 0 Å². The van der Waals surface area contributed by atoms with Gasteiger partial charge in [0.05, 0.1) is 6.10 Å². The SMILES string of the molecule is N[C@@H]1CCO[C@@H](c2cccc(Cl)c2)C1. The first kappa shape index (κ1) is 9.97. The van der Waals surface area contributed by atoms with E-state index < -0.39 is 0 Å². The fourth-order valence-corrected chi connectivity index (χ4v) is 1.96. The lowest BCUT2D eigenvalue weighted by atomic mass is 9.98. The molecule has 0 bridgehead atoms. The smallest absolute Gasteiger partial charge is 0.0840 e. The third-order valence-corrected chi connectivity index (χ3v) is 2.78. The maximum Gasteiger partial charge on any atom is 0.0840 e. The fourth-order valence-electron chi connectivity index (χ4n) is 1.76. The summed E-state index contributed by atoms with van der Waals surface area (Å²) in [6.45, 7) is 0.748. The van der Waals surface area contributed by atoms with Gasteiger partial charge in [-0.3, -0.25) is 0 Å². The van der Waals surface area contributed by atoms with E-state index in [9.17, 15) is 0 Å². The van der Waals surface area contributed by atoms with Crippen molar-refractivity contribution >= 4 is 11.6 Å². The highest BCUT2D eigenvalue weighted by atomic mass is 35.5. The molecule has 1 aromatic rings. The van der Waals surface area contributed by atoms with Crippen LogP contribution in [0.1, 0.15) is 24.5 Å². The molecule has 1 aromatic carbocycles. The molecule has 0 spiro atoms. The van der Waals surface area contributed by atoms with Gasteiger partial charge >= 0.3 is 0 Å².